The molecule has 0 spiro atoms. The number of benzene rings is 1. The molecule has 0 fully saturated rings. The standard InChI is InChI=1S/C19H20F3NO4/c1-11(2)9-14(18(25)26-3)23-17(24)16-8-7-15(27-16)12-5-4-6-13(10-12)19(20,21)22/h4-8,10-11,14H,9H2,1-3H3,(H,23,24). The first-order valence-electron chi connectivity index (χ1n) is 8.28. The average Bonchev–Trinajstić information content (AvgIpc) is 3.09. The zero-order valence-corrected chi connectivity index (χ0v) is 15.1. The number of esters is 1. The van der Waals surface area contributed by atoms with Crippen LogP contribution in [0.2, 0.25) is 0 Å². The Kier molecular flexibility index (Phi) is 6.30. The molecule has 0 aliphatic heterocycles. The van der Waals surface area contributed by atoms with Crippen LogP contribution in [0.25, 0.3) is 11.3 Å². The molecule has 1 unspecified atom stereocenters. The van der Waals surface area contributed by atoms with Crippen LogP contribution in [0.4, 0.5) is 13.2 Å². The molecule has 27 heavy (non-hydrogen) atoms. The van der Waals surface area contributed by atoms with Gasteiger partial charge in [0.25, 0.3) is 5.91 Å². The second-order valence-corrected chi connectivity index (χ2v) is 6.42. The van der Waals surface area contributed by atoms with Gasteiger partial charge in [-0.15, -0.1) is 0 Å². The third-order valence-electron chi connectivity index (χ3n) is 3.80. The molecule has 1 aromatic carbocycles. The Morgan fingerprint density at radius 1 is 1.19 bits per heavy atom. The van der Waals surface area contributed by atoms with Crippen molar-refractivity contribution in [3.05, 3.63) is 47.7 Å². The van der Waals surface area contributed by atoms with Gasteiger partial charge < -0.3 is 14.5 Å². The Morgan fingerprint density at radius 2 is 1.89 bits per heavy atom. The lowest BCUT2D eigenvalue weighted by Crippen LogP contribution is -2.42. The number of alkyl halides is 3. The van der Waals surface area contributed by atoms with Crippen LogP contribution in [0, 0.1) is 5.92 Å². The molecule has 146 valence electrons. The molecule has 5 nitrogen and oxygen atoms in total. The lowest BCUT2D eigenvalue weighted by molar-refractivity contribution is -0.143. The fraction of sp³-hybridized carbons (Fsp3) is 0.368. The number of carbonyl (C=O) groups is 2. The first kappa shape index (κ1) is 20.5. The molecule has 0 aliphatic carbocycles. The second-order valence-electron chi connectivity index (χ2n) is 6.42. The summed E-state index contributed by atoms with van der Waals surface area (Å²) >= 11 is 0. The SMILES string of the molecule is COC(=O)C(CC(C)C)NC(=O)c1ccc(-c2cccc(C(F)(F)F)c2)o1. The van der Waals surface area contributed by atoms with Crippen LogP contribution >= 0.6 is 0 Å². The van der Waals surface area contributed by atoms with E-state index in [0.29, 0.717) is 6.42 Å². The number of ether oxygens (including phenoxy) is 1. The fourth-order valence-electron chi connectivity index (χ4n) is 2.52. The number of furan rings is 1. The highest BCUT2D eigenvalue weighted by atomic mass is 19.4. The van der Waals surface area contributed by atoms with E-state index in [-0.39, 0.29) is 23.0 Å². The van der Waals surface area contributed by atoms with E-state index in [2.05, 4.69) is 10.1 Å². The van der Waals surface area contributed by atoms with Crippen molar-refractivity contribution < 1.29 is 31.9 Å². The van der Waals surface area contributed by atoms with Gasteiger partial charge in [-0.1, -0.05) is 26.0 Å². The molecule has 0 saturated heterocycles. The van der Waals surface area contributed by atoms with Crippen LogP contribution in [0.1, 0.15) is 36.4 Å². The summed E-state index contributed by atoms with van der Waals surface area (Å²) < 4.78 is 48.6. The van der Waals surface area contributed by atoms with E-state index in [1.165, 1.54) is 31.4 Å². The van der Waals surface area contributed by atoms with Gasteiger partial charge in [0.1, 0.15) is 11.8 Å². The number of hydrogen-bond donors (Lipinski definition) is 1. The van der Waals surface area contributed by atoms with Gasteiger partial charge in [-0.25, -0.2) is 4.79 Å². The summed E-state index contributed by atoms with van der Waals surface area (Å²) in [5.41, 5.74) is -0.624. The first-order chi connectivity index (χ1) is 12.6. The van der Waals surface area contributed by atoms with E-state index in [0.717, 1.165) is 12.1 Å². The highest BCUT2D eigenvalue weighted by molar-refractivity contribution is 5.95. The van der Waals surface area contributed by atoms with Crippen LogP contribution in [0.3, 0.4) is 0 Å². The predicted octanol–water partition coefficient (Wildman–Crippen LogP) is 4.28. The van der Waals surface area contributed by atoms with E-state index >= 15 is 0 Å². The summed E-state index contributed by atoms with van der Waals surface area (Å²) in [4.78, 5) is 24.1. The largest absolute Gasteiger partial charge is 0.467 e. The molecule has 0 radical (unpaired) electrons. The van der Waals surface area contributed by atoms with E-state index in [1.54, 1.807) is 0 Å². The quantitative estimate of drug-likeness (QED) is 0.756. The topological polar surface area (TPSA) is 68.5 Å². The van der Waals surface area contributed by atoms with Gasteiger partial charge >= 0.3 is 12.1 Å². The Bertz CT molecular complexity index is 811. The van der Waals surface area contributed by atoms with Crippen LogP contribution in [0.15, 0.2) is 40.8 Å². The summed E-state index contributed by atoms with van der Waals surface area (Å²) in [5.74, 6) is -1.09. The van der Waals surface area contributed by atoms with E-state index in [4.69, 9.17) is 4.42 Å². The summed E-state index contributed by atoms with van der Waals surface area (Å²) in [6.45, 7) is 3.78. The van der Waals surface area contributed by atoms with Crippen molar-refractivity contribution in [1.82, 2.24) is 5.32 Å². The maximum absolute atomic E-state index is 12.8. The number of halogens is 3. The van der Waals surface area contributed by atoms with E-state index < -0.39 is 29.7 Å². The van der Waals surface area contributed by atoms with Crippen molar-refractivity contribution in [2.24, 2.45) is 5.92 Å². The van der Waals surface area contributed by atoms with Gasteiger partial charge in [-0.05, 0) is 36.6 Å². The van der Waals surface area contributed by atoms with Gasteiger partial charge in [0.15, 0.2) is 5.76 Å². The molecular weight excluding hydrogens is 363 g/mol. The van der Waals surface area contributed by atoms with Crippen molar-refractivity contribution in [1.29, 1.82) is 0 Å². The highest BCUT2D eigenvalue weighted by Crippen LogP contribution is 2.32. The summed E-state index contributed by atoms with van der Waals surface area (Å²) in [6, 6.07) is 6.50. The molecule has 1 amide bonds. The van der Waals surface area contributed by atoms with Crippen molar-refractivity contribution in [3.63, 3.8) is 0 Å². The summed E-state index contributed by atoms with van der Waals surface area (Å²) in [7, 11) is 1.22. The minimum absolute atomic E-state index is 0.111. The molecule has 1 N–H and O–H groups in total. The molecule has 8 heteroatoms. The Balaban J connectivity index is 2.19. The number of amides is 1. The Labute approximate surface area is 154 Å². The van der Waals surface area contributed by atoms with E-state index in [9.17, 15) is 22.8 Å². The molecule has 2 aromatic rings. The van der Waals surface area contributed by atoms with Crippen LogP contribution in [-0.2, 0) is 15.7 Å². The zero-order chi connectivity index (χ0) is 20.2. The molecule has 0 bridgehead atoms. The van der Waals surface area contributed by atoms with Gasteiger partial charge in [0, 0.05) is 5.56 Å². The number of carbonyl (C=O) groups excluding carboxylic acids is 2. The van der Waals surface area contributed by atoms with Gasteiger partial charge in [-0.2, -0.15) is 13.2 Å². The third kappa shape index (κ3) is 5.35. The molecule has 0 aliphatic rings. The molecule has 2 rings (SSSR count). The summed E-state index contributed by atoms with van der Waals surface area (Å²) in [5, 5.41) is 2.53. The maximum Gasteiger partial charge on any atom is 0.416 e. The zero-order valence-electron chi connectivity index (χ0n) is 15.1. The van der Waals surface area contributed by atoms with Crippen LogP contribution in [-0.4, -0.2) is 25.0 Å². The minimum Gasteiger partial charge on any atom is -0.467 e. The van der Waals surface area contributed by atoms with Crippen LogP contribution < -0.4 is 5.32 Å². The Hall–Kier alpha value is -2.77. The summed E-state index contributed by atoms with van der Waals surface area (Å²) in [6.07, 6.45) is -4.10. The second kappa shape index (κ2) is 8.28. The molecule has 1 atom stereocenters. The number of methoxy groups -OCH3 is 1. The number of rotatable bonds is 6. The molecular formula is C19H20F3NO4. The smallest absolute Gasteiger partial charge is 0.416 e. The lowest BCUT2D eigenvalue weighted by Gasteiger charge is -2.17. The van der Waals surface area contributed by atoms with Crippen molar-refractivity contribution >= 4 is 11.9 Å². The normalized spacial score (nSPS) is 12.7. The van der Waals surface area contributed by atoms with Gasteiger partial charge in [0.05, 0.1) is 12.7 Å². The van der Waals surface area contributed by atoms with Crippen LogP contribution in [0.5, 0.6) is 0 Å². The van der Waals surface area contributed by atoms with Gasteiger partial charge in [-0.3, -0.25) is 4.79 Å². The van der Waals surface area contributed by atoms with E-state index in [1.807, 2.05) is 13.8 Å². The monoisotopic (exact) mass is 383 g/mol. The number of hydrogen-bond acceptors (Lipinski definition) is 4. The third-order valence-corrected chi connectivity index (χ3v) is 3.80. The van der Waals surface area contributed by atoms with Gasteiger partial charge in [0.2, 0.25) is 0 Å². The predicted molar refractivity (Wildman–Crippen MR) is 91.9 cm³/mol. The molecule has 1 aromatic heterocycles. The lowest BCUT2D eigenvalue weighted by atomic mass is 10.0. The molecule has 0 saturated carbocycles. The number of nitrogens with one attached hydrogen (secondary N) is 1. The van der Waals surface area contributed by atoms with Crippen molar-refractivity contribution in [2.75, 3.05) is 7.11 Å². The maximum atomic E-state index is 12.8. The molecule has 1 heterocycles. The highest BCUT2D eigenvalue weighted by Gasteiger charge is 2.31. The van der Waals surface area contributed by atoms with Crippen molar-refractivity contribution in [2.45, 2.75) is 32.5 Å². The average molecular weight is 383 g/mol. The first-order valence-corrected chi connectivity index (χ1v) is 8.28. The van der Waals surface area contributed by atoms with Crippen molar-refractivity contribution in [3.8, 4) is 11.3 Å². The Morgan fingerprint density at radius 3 is 2.48 bits per heavy atom. The minimum atomic E-state index is -4.48. The fourth-order valence-corrected chi connectivity index (χ4v) is 2.52.